The van der Waals surface area contributed by atoms with Crippen molar-refractivity contribution < 1.29 is 4.74 Å². The highest BCUT2D eigenvalue weighted by Crippen LogP contribution is 2.10. The minimum Gasteiger partial charge on any atom is -0.497 e. The quantitative estimate of drug-likeness (QED) is 0.272. The Hall–Kier alpha value is -1.02. The van der Waals surface area contributed by atoms with E-state index in [4.69, 9.17) is 4.74 Å². The number of guanidine groups is 1. The van der Waals surface area contributed by atoms with Gasteiger partial charge in [0, 0.05) is 20.1 Å². The number of aliphatic imine (C=N–C) groups is 1. The van der Waals surface area contributed by atoms with Crippen molar-refractivity contribution in [2.45, 2.75) is 26.8 Å². The number of ether oxygens (including phenoxy) is 1. The lowest BCUT2D eigenvalue weighted by molar-refractivity contribution is 0.300. The van der Waals surface area contributed by atoms with Crippen molar-refractivity contribution in [3.05, 3.63) is 29.8 Å². The van der Waals surface area contributed by atoms with E-state index in [1.165, 1.54) is 5.56 Å². The van der Waals surface area contributed by atoms with E-state index in [1.54, 1.807) is 14.2 Å². The Morgan fingerprint density at radius 2 is 1.78 bits per heavy atom. The van der Waals surface area contributed by atoms with Crippen LogP contribution in [0.5, 0.6) is 5.75 Å². The zero-order valence-electron chi connectivity index (χ0n) is 14.8. The number of nitrogens with one attached hydrogen (secondary N) is 2. The Balaban J connectivity index is 0.00000484. The van der Waals surface area contributed by atoms with Crippen molar-refractivity contribution in [1.29, 1.82) is 0 Å². The maximum absolute atomic E-state index is 5.16. The third-order valence-corrected chi connectivity index (χ3v) is 3.68. The first-order valence-corrected chi connectivity index (χ1v) is 8.03. The van der Waals surface area contributed by atoms with Gasteiger partial charge in [-0.05, 0) is 43.8 Å². The summed E-state index contributed by atoms with van der Waals surface area (Å²) in [6.45, 7) is 9.42. The molecule has 132 valence electrons. The van der Waals surface area contributed by atoms with Gasteiger partial charge < -0.3 is 20.3 Å². The molecule has 6 heteroatoms. The molecule has 0 amide bonds. The molecule has 0 saturated heterocycles. The number of benzene rings is 1. The second-order valence-electron chi connectivity index (χ2n) is 5.08. The third-order valence-electron chi connectivity index (χ3n) is 3.68. The third kappa shape index (κ3) is 9.00. The largest absolute Gasteiger partial charge is 0.497 e. The van der Waals surface area contributed by atoms with Crippen molar-refractivity contribution in [1.82, 2.24) is 15.5 Å². The molecule has 0 fully saturated rings. The maximum atomic E-state index is 5.16. The van der Waals surface area contributed by atoms with E-state index in [2.05, 4.69) is 46.5 Å². The Kier molecular flexibility index (Phi) is 12.8. The van der Waals surface area contributed by atoms with Crippen LogP contribution in [0.4, 0.5) is 0 Å². The first kappa shape index (κ1) is 22.0. The van der Waals surface area contributed by atoms with Gasteiger partial charge in [0.05, 0.1) is 7.11 Å². The van der Waals surface area contributed by atoms with Gasteiger partial charge in [-0.15, -0.1) is 24.0 Å². The highest BCUT2D eigenvalue weighted by molar-refractivity contribution is 14.0. The average Bonchev–Trinajstić information content (AvgIpc) is 2.58. The van der Waals surface area contributed by atoms with Crippen LogP contribution in [0, 0.1) is 0 Å². The molecule has 2 N–H and O–H groups in total. The van der Waals surface area contributed by atoms with Gasteiger partial charge in [0.25, 0.3) is 0 Å². The Morgan fingerprint density at radius 1 is 1.13 bits per heavy atom. The molecule has 1 aromatic carbocycles. The molecule has 0 heterocycles. The molecular weight excluding hydrogens is 403 g/mol. The average molecular weight is 434 g/mol. The Bertz CT molecular complexity index is 433. The fraction of sp³-hybridized carbons (Fsp3) is 0.588. The molecule has 23 heavy (non-hydrogen) atoms. The summed E-state index contributed by atoms with van der Waals surface area (Å²) in [7, 11) is 3.48. The van der Waals surface area contributed by atoms with E-state index < -0.39 is 0 Å². The van der Waals surface area contributed by atoms with Crippen LogP contribution in [0.2, 0.25) is 0 Å². The number of hydrogen-bond acceptors (Lipinski definition) is 3. The summed E-state index contributed by atoms with van der Waals surface area (Å²) in [5, 5.41) is 6.68. The van der Waals surface area contributed by atoms with Gasteiger partial charge >= 0.3 is 0 Å². The monoisotopic (exact) mass is 434 g/mol. The smallest absolute Gasteiger partial charge is 0.191 e. The van der Waals surface area contributed by atoms with Crippen LogP contribution < -0.4 is 15.4 Å². The van der Waals surface area contributed by atoms with Gasteiger partial charge in [-0.25, -0.2) is 0 Å². The van der Waals surface area contributed by atoms with E-state index in [0.29, 0.717) is 0 Å². The fourth-order valence-corrected chi connectivity index (χ4v) is 2.20. The van der Waals surface area contributed by atoms with Crippen LogP contribution in [-0.2, 0) is 6.54 Å². The SMILES string of the molecule is CCN(CC)CCCNC(=NC)NCc1ccc(OC)cc1.I. The Morgan fingerprint density at radius 3 is 2.30 bits per heavy atom. The van der Waals surface area contributed by atoms with Gasteiger partial charge in [-0.2, -0.15) is 0 Å². The van der Waals surface area contributed by atoms with Crippen molar-refractivity contribution in [2.24, 2.45) is 4.99 Å². The number of hydrogen-bond donors (Lipinski definition) is 2. The minimum absolute atomic E-state index is 0. The highest BCUT2D eigenvalue weighted by Gasteiger charge is 2.01. The molecular formula is C17H31IN4O. The molecule has 0 bridgehead atoms. The first-order valence-electron chi connectivity index (χ1n) is 8.03. The van der Waals surface area contributed by atoms with Crippen molar-refractivity contribution >= 4 is 29.9 Å². The molecule has 1 rings (SSSR count). The summed E-state index contributed by atoms with van der Waals surface area (Å²) in [6.07, 6.45) is 1.12. The van der Waals surface area contributed by atoms with Crippen molar-refractivity contribution in [2.75, 3.05) is 40.3 Å². The van der Waals surface area contributed by atoms with Crippen LogP contribution in [-0.4, -0.2) is 51.2 Å². The van der Waals surface area contributed by atoms with Crippen LogP contribution in [0.15, 0.2) is 29.3 Å². The van der Waals surface area contributed by atoms with E-state index in [1.807, 2.05) is 12.1 Å². The lowest BCUT2D eigenvalue weighted by Crippen LogP contribution is -2.38. The van der Waals surface area contributed by atoms with Gasteiger partial charge in [0.15, 0.2) is 5.96 Å². The molecule has 0 aliphatic heterocycles. The van der Waals surface area contributed by atoms with Gasteiger partial charge in [0.1, 0.15) is 5.75 Å². The normalized spacial score (nSPS) is 11.1. The zero-order valence-corrected chi connectivity index (χ0v) is 17.1. The van der Waals surface area contributed by atoms with E-state index >= 15 is 0 Å². The number of rotatable bonds is 9. The molecule has 0 saturated carbocycles. The Labute approximate surface area is 157 Å². The predicted molar refractivity (Wildman–Crippen MR) is 109 cm³/mol. The van der Waals surface area contributed by atoms with Crippen molar-refractivity contribution in [3.63, 3.8) is 0 Å². The molecule has 0 aliphatic rings. The van der Waals surface area contributed by atoms with Crippen LogP contribution in [0.3, 0.4) is 0 Å². The summed E-state index contributed by atoms with van der Waals surface area (Å²) in [5.41, 5.74) is 1.20. The highest BCUT2D eigenvalue weighted by atomic mass is 127. The van der Waals surface area contributed by atoms with Crippen LogP contribution >= 0.6 is 24.0 Å². The zero-order chi connectivity index (χ0) is 16.2. The summed E-state index contributed by atoms with van der Waals surface area (Å²) >= 11 is 0. The first-order chi connectivity index (χ1) is 10.7. The lowest BCUT2D eigenvalue weighted by Gasteiger charge is -2.18. The van der Waals surface area contributed by atoms with Gasteiger partial charge in [-0.1, -0.05) is 26.0 Å². The molecule has 0 atom stereocenters. The molecule has 0 aromatic heterocycles. The number of halogens is 1. The molecule has 0 aliphatic carbocycles. The molecule has 0 unspecified atom stereocenters. The molecule has 0 radical (unpaired) electrons. The minimum atomic E-state index is 0. The second kappa shape index (κ2) is 13.4. The number of methoxy groups -OCH3 is 1. The number of nitrogens with zero attached hydrogens (tertiary/aromatic N) is 2. The maximum Gasteiger partial charge on any atom is 0.191 e. The van der Waals surface area contributed by atoms with E-state index in [0.717, 1.165) is 50.9 Å². The topological polar surface area (TPSA) is 48.9 Å². The standard InChI is InChI=1S/C17H30N4O.HI/c1-5-21(6-2)13-7-12-19-17(18-3)20-14-15-8-10-16(22-4)11-9-15;/h8-11H,5-7,12-14H2,1-4H3,(H2,18,19,20);1H. The van der Waals surface area contributed by atoms with Gasteiger partial charge in [-0.3, -0.25) is 4.99 Å². The van der Waals surface area contributed by atoms with Crippen LogP contribution in [0.1, 0.15) is 25.8 Å². The summed E-state index contributed by atoms with van der Waals surface area (Å²) < 4.78 is 5.16. The fourth-order valence-electron chi connectivity index (χ4n) is 2.20. The van der Waals surface area contributed by atoms with E-state index in [-0.39, 0.29) is 24.0 Å². The van der Waals surface area contributed by atoms with E-state index in [9.17, 15) is 0 Å². The van der Waals surface area contributed by atoms with Crippen molar-refractivity contribution in [3.8, 4) is 5.75 Å². The molecule has 5 nitrogen and oxygen atoms in total. The summed E-state index contributed by atoms with van der Waals surface area (Å²) in [4.78, 5) is 6.68. The molecule has 0 spiro atoms. The second-order valence-corrected chi connectivity index (χ2v) is 5.08. The van der Waals surface area contributed by atoms with Gasteiger partial charge in [0.2, 0.25) is 0 Å². The predicted octanol–water partition coefficient (Wildman–Crippen LogP) is 2.71. The summed E-state index contributed by atoms with van der Waals surface area (Å²) in [5.74, 6) is 1.72. The van der Waals surface area contributed by atoms with Crippen LogP contribution in [0.25, 0.3) is 0 Å². The molecule has 1 aromatic rings. The lowest BCUT2D eigenvalue weighted by atomic mass is 10.2. The summed E-state index contributed by atoms with van der Waals surface area (Å²) in [6, 6.07) is 8.05.